The highest BCUT2D eigenvalue weighted by Gasteiger charge is 2.28. The van der Waals surface area contributed by atoms with E-state index in [9.17, 15) is 9.59 Å². The molecule has 2 amide bonds. The number of carbonyl (C=O) groups excluding carboxylic acids is 1. The first-order chi connectivity index (χ1) is 12.0. The van der Waals surface area contributed by atoms with E-state index in [1.54, 1.807) is 34.0 Å². The number of carboxylic acid groups (broad SMARTS) is 1. The fourth-order valence-corrected chi connectivity index (χ4v) is 3.01. The van der Waals surface area contributed by atoms with E-state index in [0.717, 1.165) is 5.56 Å². The van der Waals surface area contributed by atoms with Crippen molar-refractivity contribution in [3.8, 4) is 0 Å². The molecule has 0 saturated carbocycles. The van der Waals surface area contributed by atoms with Crippen molar-refractivity contribution >= 4 is 29.4 Å². The van der Waals surface area contributed by atoms with Gasteiger partial charge >= 0.3 is 12.0 Å². The molecule has 1 atom stereocenters. The number of halogens is 1. The lowest BCUT2D eigenvalue weighted by molar-refractivity contribution is -0.143. The topological polar surface area (TPSA) is 87.5 Å². The number of hydrogen-bond donors (Lipinski definition) is 2. The average Bonchev–Trinajstić information content (AvgIpc) is 3.03. The molecule has 132 valence electrons. The molecule has 25 heavy (non-hydrogen) atoms. The number of hydrogen-bond acceptors (Lipinski definition) is 3. The Morgan fingerprint density at radius 2 is 2.04 bits per heavy atom. The monoisotopic (exact) mass is 362 g/mol. The summed E-state index contributed by atoms with van der Waals surface area (Å²) in [7, 11) is 0. The number of piperidine rings is 1. The minimum atomic E-state index is -0.856. The van der Waals surface area contributed by atoms with Crippen molar-refractivity contribution < 1.29 is 14.7 Å². The van der Waals surface area contributed by atoms with E-state index in [0.29, 0.717) is 36.8 Å². The molecule has 1 aliphatic rings. The van der Waals surface area contributed by atoms with Crippen LogP contribution in [0.5, 0.6) is 0 Å². The Balaban J connectivity index is 1.65. The number of rotatable bonds is 4. The molecule has 0 bridgehead atoms. The fraction of sp³-hybridized carbons (Fsp3) is 0.353. The van der Waals surface area contributed by atoms with E-state index in [1.807, 2.05) is 12.1 Å². The van der Waals surface area contributed by atoms with E-state index in [2.05, 4.69) is 10.4 Å². The van der Waals surface area contributed by atoms with Gasteiger partial charge in [0.05, 0.1) is 18.7 Å². The summed E-state index contributed by atoms with van der Waals surface area (Å²) in [6, 6.07) is 8.82. The van der Waals surface area contributed by atoms with Gasteiger partial charge in [-0.2, -0.15) is 5.10 Å². The normalized spacial score (nSPS) is 17.3. The van der Waals surface area contributed by atoms with E-state index in [-0.39, 0.29) is 12.6 Å². The minimum Gasteiger partial charge on any atom is -0.481 e. The third-order valence-electron chi connectivity index (χ3n) is 4.25. The molecule has 1 unspecified atom stereocenters. The van der Waals surface area contributed by atoms with Crippen LogP contribution in [0.2, 0.25) is 5.02 Å². The van der Waals surface area contributed by atoms with Crippen LogP contribution in [0.15, 0.2) is 36.5 Å². The highest BCUT2D eigenvalue weighted by Crippen LogP contribution is 2.18. The van der Waals surface area contributed by atoms with Crippen LogP contribution in [0, 0.1) is 5.92 Å². The van der Waals surface area contributed by atoms with E-state index >= 15 is 0 Å². The predicted molar refractivity (Wildman–Crippen MR) is 93.7 cm³/mol. The van der Waals surface area contributed by atoms with E-state index in [4.69, 9.17) is 16.7 Å². The van der Waals surface area contributed by atoms with Crippen molar-refractivity contribution in [2.75, 3.05) is 18.4 Å². The number of nitrogens with zero attached hydrogens (tertiary/aromatic N) is 3. The maximum Gasteiger partial charge on any atom is 0.323 e. The first kappa shape index (κ1) is 17.3. The number of amides is 2. The van der Waals surface area contributed by atoms with Crippen LogP contribution in [0.4, 0.5) is 10.6 Å². The van der Waals surface area contributed by atoms with Gasteiger partial charge in [0.1, 0.15) is 5.82 Å². The van der Waals surface area contributed by atoms with Crippen LogP contribution < -0.4 is 5.32 Å². The number of aliphatic carboxylic acids is 1. The third-order valence-corrected chi connectivity index (χ3v) is 4.51. The van der Waals surface area contributed by atoms with Gasteiger partial charge < -0.3 is 10.0 Å². The fourth-order valence-electron chi connectivity index (χ4n) is 2.88. The van der Waals surface area contributed by atoms with Gasteiger partial charge in [0.15, 0.2) is 0 Å². The maximum absolute atomic E-state index is 12.4. The van der Waals surface area contributed by atoms with Crippen molar-refractivity contribution in [3.05, 3.63) is 47.1 Å². The van der Waals surface area contributed by atoms with Gasteiger partial charge in [0.2, 0.25) is 0 Å². The molecule has 0 radical (unpaired) electrons. The first-order valence-corrected chi connectivity index (χ1v) is 8.45. The molecule has 8 heteroatoms. The van der Waals surface area contributed by atoms with Gasteiger partial charge in [-0.3, -0.25) is 10.1 Å². The van der Waals surface area contributed by atoms with E-state index < -0.39 is 11.9 Å². The highest BCUT2D eigenvalue weighted by atomic mass is 35.5. The van der Waals surface area contributed by atoms with Crippen molar-refractivity contribution in [1.29, 1.82) is 0 Å². The van der Waals surface area contributed by atoms with Gasteiger partial charge in [-0.1, -0.05) is 23.7 Å². The Morgan fingerprint density at radius 1 is 1.28 bits per heavy atom. The standard InChI is InChI=1S/C17H19ClN4O3/c18-14-5-3-12(4-6-14)10-22-15(7-8-19-22)20-17(25)21-9-1-2-13(11-21)16(23)24/h3-8,13H,1-2,9-11H2,(H,20,25)(H,23,24). The summed E-state index contributed by atoms with van der Waals surface area (Å²) in [6.45, 7) is 1.28. The Bertz CT molecular complexity index is 760. The second kappa shape index (κ2) is 7.57. The summed E-state index contributed by atoms with van der Waals surface area (Å²) in [5.74, 6) is -0.791. The summed E-state index contributed by atoms with van der Waals surface area (Å²) < 4.78 is 1.68. The number of carbonyl (C=O) groups is 2. The number of nitrogens with one attached hydrogen (secondary N) is 1. The molecule has 1 fully saturated rings. The summed E-state index contributed by atoms with van der Waals surface area (Å²) in [6.07, 6.45) is 2.91. The molecule has 2 N–H and O–H groups in total. The lowest BCUT2D eigenvalue weighted by Gasteiger charge is -2.30. The smallest absolute Gasteiger partial charge is 0.323 e. The third kappa shape index (κ3) is 4.30. The second-order valence-electron chi connectivity index (χ2n) is 6.05. The molecule has 0 aliphatic carbocycles. The molecule has 7 nitrogen and oxygen atoms in total. The predicted octanol–water partition coefficient (Wildman–Crippen LogP) is 2.91. The molecule has 1 aromatic heterocycles. The van der Waals surface area contributed by atoms with Gasteiger partial charge in [-0.15, -0.1) is 0 Å². The van der Waals surface area contributed by atoms with Gasteiger partial charge in [0.25, 0.3) is 0 Å². The number of urea groups is 1. The zero-order chi connectivity index (χ0) is 17.8. The second-order valence-corrected chi connectivity index (χ2v) is 6.49. The van der Waals surface area contributed by atoms with Crippen LogP contribution in [-0.2, 0) is 11.3 Å². The van der Waals surface area contributed by atoms with Crippen molar-refractivity contribution in [2.45, 2.75) is 19.4 Å². The molecular weight excluding hydrogens is 344 g/mol. The molecule has 1 aromatic carbocycles. The van der Waals surface area contributed by atoms with Crippen LogP contribution >= 0.6 is 11.6 Å². The molecule has 2 heterocycles. The lowest BCUT2D eigenvalue weighted by atomic mass is 9.99. The quantitative estimate of drug-likeness (QED) is 0.875. The summed E-state index contributed by atoms with van der Waals surface area (Å²) in [5.41, 5.74) is 1.01. The zero-order valence-electron chi connectivity index (χ0n) is 13.6. The van der Waals surface area contributed by atoms with Crippen LogP contribution in [-0.4, -0.2) is 44.9 Å². The van der Waals surface area contributed by atoms with Gasteiger partial charge in [-0.05, 0) is 30.5 Å². The Kier molecular flexibility index (Phi) is 5.23. The number of benzene rings is 1. The Morgan fingerprint density at radius 3 is 2.76 bits per heavy atom. The Labute approximate surface area is 150 Å². The largest absolute Gasteiger partial charge is 0.481 e. The highest BCUT2D eigenvalue weighted by molar-refractivity contribution is 6.30. The van der Waals surface area contributed by atoms with Crippen LogP contribution in [0.1, 0.15) is 18.4 Å². The molecular formula is C17H19ClN4O3. The van der Waals surface area contributed by atoms with Crippen molar-refractivity contribution in [2.24, 2.45) is 5.92 Å². The van der Waals surface area contributed by atoms with Crippen LogP contribution in [0.25, 0.3) is 0 Å². The molecule has 3 rings (SSSR count). The summed E-state index contributed by atoms with van der Waals surface area (Å²) in [5, 5.41) is 16.9. The molecule has 2 aromatic rings. The van der Waals surface area contributed by atoms with E-state index in [1.165, 1.54) is 0 Å². The molecule has 1 aliphatic heterocycles. The zero-order valence-corrected chi connectivity index (χ0v) is 14.3. The SMILES string of the molecule is O=C(O)C1CCCN(C(=O)Nc2ccnn2Cc2ccc(Cl)cc2)C1. The van der Waals surface area contributed by atoms with Crippen molar-refractivity contribution in [1.82, 2.24) is 14.7 Å². The first-order valence-electron chi connectivity index (χ1n) is 8.08. The maximum atomic E-state index is 12.4. The minimum absolute atomic E-state index is 0.229. The van der Waals surface area contributed by atoms with Crippen LogP contribution in [0.3, 0.4) is 0 Å². The van der Waals surface area contributed by atoms with Gasteiger partial charge in [-0.25, -0.2) is 9.48 Å². The number of anilines is 1. The number of carboxylic acids is 1. The average molecular weight is 363 g/mol. The summed E-state index contributed by atoms with van der Waals surface area (Å²) >= 11 is 5.89. The van der Waals surface area contributed by atoms with Gasteiger partial charge in [0, 0.05) is 24.2 Å². The molecule has 1 saturated heterocycles. The lowest BCUT2D eigenvalue weighted by Crippen LogP contribution is -2.44. The Hall–Kier alpha value is -2.54. The van der Waals surface area contributed by atoms with Crippen molar-refractivity contribution in [3.63, 3.8) is 0 Å². The number of aromatic nitrogens is 2. The number of likely N-dealkylation sites (tertiary alicyclic amines) is 1. The molecule has 0 spiro atoms. The summed E-state index contributed by atoms with van der Waals surface area (Å²) in [4.78, 5) is 25.1.